The summed E-state index contributed by atoms with van der Waals surface area (Å²) in [6.45, 7) is 4.24. The highest BCUT2D eigenvalue weighted by molar-refractivity contribution is 7.97. The molecular formula is C19H31N5OS. The summed E-state index contributed by atoms with van der Waals surface area (Å²) in [6, 6.07) is 0. The van der Waals surface area contributed by atoms with Crippen LogP contribution in [0.5, 0.6) is 0 Å². The number of fused-ring (bicyclic) bond motifs is 3. The van der Waals surface area contributed by atoms with Crippen LogP contribution in [0.15, 0.2) is 0 Å². The number of anilines is 1. The molecule has 0 aromatic carbocycles. The van der Waals surface area contributed by atoms with Gasteiger partial charge < -0.3 is 15.4 Å². The van der Waals surface area contributed by atoms with Gasteiger partial charge in [-0.3, -0.25) is 4.72 Å². The second-order valence-corrected chi connectivity index (χ2v) is 7.92. The van der Waals surface area contributed by atoms with Crippen LogP contribution in [0.2, 0.25) is 0 Å². The van der Waals surface area contributed by atoms with E-state index < -0.39 is 0 Å². The van der Waals surface area contributed by atoms with Gasteiger partial charge in [-0.1, -0.05) is 18.9 Å². The molecule has 2 aromatic rings. The van der Waals surface area contributed by atoms with Crippen LogP contribution in [0.25, 0.3) is 11.0 Å². The molecule has 0 amide bonds. The second kappa shape index (κ2) is 9.58. The average Bonchev–Trinajstić information content (AvgIpc) is 3.01. The Labute approximate surface area is 160 Å². The van der Waals surface area contributed by atoms with Gasteiger partial charge in [-0.05, 0) is 50.5 Å². The lowest BCUT2D eigenvalue weighted by molar-refractivity contribution is 0.294. The maximum absolute atomic E-state index is 9.46. The summed E-state index contributed by atoms with van der Waals surface area (Å²) in [7, 11) is 0. The van der Waals surface area contributed by atoms with Gasteiger partial charge in [0.2, 0.25) is 0 Å². The van der Waals surface area contributed by atoms with Gasteiger partial charge in [0.05, 0.1) is 12.1 Å². The number of pyridine rings is 1. The third kappa shape index (κ3) is 4.32. The van der Waals surface area contributed by atoms with Crippen molar-refractivity contribution in [3.63, 3.8) is 0 Å². The molecule has 4 N–H and O–H groups in total. The van der Waals surface area contributed by atoms with E-state index >= 15 is 0 Å². The van der Waals surface area contributed by atoms with Crippen LogP contribution in [-0.2, 0) is 25.8 Å². The summed E-state index contributed by atoms with van der Waals surface area (Å²) in [4.78, 5) is 9.37. The normalized spacial score (nSPS) is 14.1. The first-order valence-corrected chi connectivity index (χ1v) is 10.9. The minimum Gasteiger partial charge on any atom is -0.396 e. The predicted octanol–water partition coefficient (Wildman–Crippen LogP) is 2.86. The number of aryl methyl sites for hydroxylation is 3. The van der Waals surface area contributed by atoms with Gasteiger partial charge in [0.15, 0.2) is 5.82 Å². The Morgan fingerprint density at radius 1 is 1.23 bits per heavy atom. The summed E-state index contributed by atoms with van der Waals surface area (Å²) >= 11 is 1.81. The molecule has 1 aliphatic rings. The number of aromatic nitrogens is 3. The van der Waals surface area contributed by atoms with E-state index in [1.165, 1.54) is 30.3 Å². The third-order valence-electron chi connectivity index (χ3n) is 4.92. The number of nitrogens with zero attached hydrogens (tertiary/aromatic N) is 3. The summed E-state index contributed by atoms with van der Waals surface area (Å²) < 4.78 is 5.72. The maximum Gasteiger partial charge on any atom is 0.151 e. The number of imidazole rings is 1. The van der Waals surface area contributed by atoms with Crippen molar-refractivity contribution in [2.45, 2.75) is 64.8 Å². The molecule has 1 aliphatic carbocycles. The molecule has 3 rings (SSSR count). The molecule has 0 radical (unpaired) electrons. The molecule has 0 unspecified atom stereocenters. The molecule has 0 aliphatic heterocycles. The van der Waals surface area contributed by atoms with Gasteiger partial charge in [-0.2, -0.15) is 0 Å². The highest BCUT2D eigenvalue weighted by atomic mass is 32.2. The van der Waals surface area contributed by atoms with E-state index in [-0.39, 0.29) is 6.61 Å². The first kappa shape index (κ1) is 19.5. The van der Waals surface area contributed by atoms with Crippen molar-refractivity contribution in [1.29, 1.82) is 0 Å². The topological polar surface area (TPSA) is 89.0 Å². The van der Waals surface area contributed by atoms with Crippen LogP contribution in [-0.4, -0.2) is 38.5 Å². The molecule has 6 nitrogen and oxygen atoms in total. The Morgan fingerprint density at radius 3 is 2.88 bits per heavy atom. The van der Waals surface area contributed by atoms with Gasteiger partial charge in [0, 0.05) is 31.0 Å². The van der Waals surface area contributed by atoms with Crippen molar-refractivity contribution < 1.29 is 5.11 Å². The van der Waals surface area contributed by atoms with Crippen LogP contribution in [0, 0.1) is 0 Å². The van der Waals surface area contributed by atoms with E-state index in [1.54, 1.807) is 0 Å². The predicted molar refractivity (Wildman–Crippen MR) is 109 cm³/mol. The standard InChI is InChI=1S/C19H31N5OS/c1-2-13-26-21-10-5-6-11-24-16(9-12-25)23-17-18(24)14-7-3-4-8-15(14)22-19(17)20/h21,25H,2-13H2,1H3,(H2,20,22). The summed E-state index contributed by atoms with van der Waals surface area (Å²) in [5, 5.41) is 9.46. The zero-order valence-electron chi connectivity index (χ0n) is 15.8. The van der Waals surface area contributed by atoms with Crippen LogP contribution >= 0.6 is 11.9 Å². The molecule has 26 heavy (non-hydrogen) atoms. The smallest absolute Gasteiger partial charge is 0.151 e. The van der Waals surface area contributed by atoms with E-state index in [1.807, 2.05) is 11.9 Å². The lowest BCUT2D eigenvalue weighted by atomic mass is 9.95. The largest absolute Gasteiger partial charge is 0.396 e. The van der Waals surface area contributed by atoms with Crippen molar-refractivity contribution in [2.75, 3.05) is 24.6 Å². The molecule has 0 saturated heterocycles. The minimum atomic E-state index is 0.105. The molecular weight excluding hydrogens is 346 g/mol. The molecule has 0 saturated carbocycles. The Kier molecular flexibility index (Phi) is 7.16. The monoisotopic (exact) mass is 377 g/mol. The van der Waals surface area contributed by atoms with Crippen molar-refractivity contribution >= 4 is 28.8 Å². The fourth-order valence-corrected chi connectivity index (χ4v) is 4.33. The van der Waals surface area contributed by atoms with Crippen LogP contribution in [0.3, 0.4) is 0 Å². The summed E-state index contributed by atoms with van der Waals surface area (Å²) in [5.41, 5.74) is 10.7. The van der Waals surface area contributed by atoms with Crippen LogP contribution in [0.1, 0.15) is 56.1 Å². The van der Waals surface area contributed by atoms with Crippen molar-refractivity contribution in [3.8, 4) is 0 Å². The van der Waals surface area contributed by atoms with Gasteiger partial charge >= 0.3 is 0 Å². The molecule has 0 atom stereocenters. The quantitative estimate of drug-likeness (QED) is 0.436. The Bertz CT molecular complexity index is 731. The molecule has 144 valence electrons. The summed E-state index contributed by atoms with van der Waals surface area (Å²) in [5.74, 6) is 2.63. The molecule has 0 bridgehead atoms. The van der Waals surface area contributed by atoms with Crippen molar-refractivity contribution in [2.24, 2.45) is 0 Å². The minimum absolute atomic E-state index is 0.105. The van der Waals surface area contributed by atoms with Crippen molar-refractivity contribution in [3.05, 3.63) is 17.1 Å². The average molecular weight is 378 g/mol. The number of nitrogen functional groups attached to an aromatic ring is 1. The molecule has 0 spiro atoms. The number of hydrogen-bond acceptors (Lipinski definition) is 6. The number of unbranched alkanes of at least 4 members (excludes halogenated alkanes) is 1. The van der Waals surface area contributed by atoms with Crippen LogP contribution < -0.4 is 10.5 Å². The molecule has 2 heterocycles. The second-order valence-electron chi connectivity index (χ2n) is 6.93. The fourth-order valence-electron chi connectivity index (χ4n) is 3.70. The van der Waals surface area contributed by atoms with Gasteiger partial charge in [-0.25, -0.2) is 9.97 Å². The van der Waals surface area contributed by atoms with Crippen LogP contribution in [0.4, 0.5) is 5.82 Å². The Hall–Kier alpha value is -1.31. The lowest BCUT2D eigenvalue weighted by Gasteiger charge is -2.18. The number of nitrogens with one attached hydrogen (secondary N) is 1. The lowest BCUT2D eigenvalue weighted by Crippen LogP contribution is -2.13. The number of aliphatic hydroxyl groups is 1. The van der Waals surface area contributed by atoms with E-state index in [2.05, 4.69) is 21.2 Å². The molecule has 2 aromatic heterocycles. The first-order chi connectivity index (χ1) is 12.8. The number of nitrogens with two attached hydrogens (primary N) is 1. The highest BCUT2D eigenvalue weighted by Gasteiger charge is 2.22. The van der Waals surface area contributed by atoms with E-state index in [4.69, 9.17) is 10.7 Å². The molecule has 0 fully saturated rings. The van der Waals surface area contributed by atoms with Gasteiger partial charge in [0.25, 0.3) is 0 Å². The Morgan fingerprint density at radius 2 is 2.08 bits per heavy atom. The van der Waals surface area contributed by atoms with E-state index in [0.717, 1.165) is 61.6 Å². The van der Waals surface area contributed by atoms with E-state index in [0.29, 0.717) is 12.2 Å². The van der Waals surface area contributed by atoms with Gasteiger partial charge in [-0.15, -0.1) is 0 Å². The van der Waals surface area contributed by atoms with E-state index in [9.17, 15) is 5.11 Å². The third-order valence-corrected chi connectivity index (χ3v) is 5.94. The zero-order valence-corrected chi connectivity index (χ0v) is 16.6. The van der Waals surface area contributed by atoms with Gasteiger partial charge in [0.1, 0.15) is 11.3 Å². The number of rotatable bonds is 10. The van der Waals surface area contributed by atoms with Crippen molar-refractivity contribution in [1.82, 2.24) is 19.3 Å². The number of hydrogen-bond donors (Lipinski definition) is 3. The highest BCUT2D eigenvalue weighted by Crippen LogP contribution is 2.31. The SMILES string of the molecule is CCCSNCCCCn1c(CCO)nc2c(N)nc3c(c21)CCCC3. The Balaban J connectivity index is 1.80. The summed E-state index contributed by atoms with van der Waals surface area (Å²) in [6.07, 6.45) is 8.42. The first-order valence-electron chi connectivity index (χ1n) is 9.88. The molecule has 7 heteroatoms. The maximum atomic E-state index is 9.46. The number of aliphatic hydroxyl groups excluding tert-OH is 1. The zero-order chi connectivity index (χ0) is 18.4. The fraction of sp³-hybridized carbons (Fsp3) is 0.684.